The second-order valence-corrected chi connectivity index (χ2v) is 9.05. The van der Waals surface area contributed by atoms with Crippen molar-refractivity contribution in [1.82, 2.24) is 19.2 Å². The third kappa shape index (κ3) is 3.67. The van der Waals surface area contributed by atoms with Gasteiger partial charge in [0.25, 0.3) is 0 Å². The van der Waals surface area contributed by atoms with Crippen LogP contribution in [0.25, 0.3) is 16.9 Å². The first-order valence-corrected chi connectivity index (χ1v) is 10.9. The van der Waals surface area contributed by atoms with Gasteiger partial charge in [-0.05, 0) is 26.0 Å². The summed E-state index contributed by atoms with van der Waals surface area (Å²) in [5, 5.41) is 8.53. The summed E-state index contributed by atoms with van der Waals surface area (Å²) in [6.07, 6.45) is 1.87. The van der Waals surface area contributed by atoms with Crippen LogP contribution in [-0.4, -0.2) is 34.7 Å². The zero-order valence-electron chi connectivity index (χ0n) is 17.0. The van der Waals surface area contributed by atoms with E-state index in [1.807, 2.05) is 66.9 Å². The van der Waals surface area contributed by atoms with Gasteiger partial charge in [0.05, 0.1) is 11.4 Å². The smallest absolute Gasteiger partial charge is 0.248 e. The lowest BCUT2D eigenvalue weighted by Crippen LogP contribution is -2.27. The molecule has 0 aliphatic heterocycles. The van der Waals surface area contributed by atoms with Crippen LogP contribution in [0.4, 0.5) is 0 Å². The molecule has 7 nitrogen and oxygen atoms in total. The Labute approximate surface area is 175 Å². The highest BCUT2D eigenvalue weighted by molar-refractivity contribution is 7.89. The van der Waals surface area contributed by atoms with Crippen molar-refractivity contribution in [2.75, 3.05) is 7.05 Å². The molecule has 0 aliphatic rings. The Bertz CT molecular complexity index is 1240. The first-order chi connectivity index (χ1) is 14.4. The maximum absolute atomic E-state index is 13.2. The van der Waals surface area contributed by atoms with Gasteiger partial charge in [-0.25, -0.2) is 13.1 Å². The number of sulfonamides is 1. The Balaban J connectivity index is 1.75. The summed E-state index contributed by atoms with van der Waals surface area (Å²) >= 11 is 0. The SMILES string of the molecule is Cc1noc(C)c1S(=O)(=O)N(C)Cc1cn(-c2ccccc2)nc1-c1ccccc1. The highest BCUT2D eigenvalue weighted by atomic mass is 32.2. The van der Waals surface area contributed by atoms with Crippen LogP contribution < -0.4 is 0 Å². The largest absolute Gasteiger partial charge is 0.360 e. The molecule has 0 radical (unpaired) electrons. The van der Waals surface area contributed by atoms with Gasteiger partial charge in [0.1, 0.15) is 10.6 Å². The normalized spacial score (nSPS) is 11.9. The highest BCUT2D eigenvalue weighted by Gasteiger charge is 2.29. The second-order valence-electron chi connectivity index (χ2n) is 7.06. The van der Waals surface area contributed by atoms with Gasteiger partial charge in [0.2, 0.25) is 10.0 Å². The van der Waals surface area contributed by atoms with Crippen molar-refractivity contribution in [3.8, 4) is 16.9 Å². The first-order valence-electron chi connectivity index (χ1n) is 9.46. The van der Waals surface area contributed by atoms with Gasteiger partial charge < -0.3 is 4.52 Å². The molecule has 2 aromatic carbocycles. The Morgan fingerprint density at radius 2 is 1.63 bits per heavy atom. The minimum Gasteiger partial charge on any atom is -0.360 e. The summed E-state index contributed by atoms with van der Waals surface area (Å²) in [6, 6.07) is 19.5. The quantitative estimate of drug-likeness (QED) is 0.470. The fourth-order valence-electron chi connectivity index (χ4n) is 3.40. The number of hydrogen-bond donors (Lipinski definition) is 0. The molecule has 0 spiro atoms. The molecule has 4 aromatic rings. The number of hydrogen-bond acceptors (Lipinski definition) is 5. The van der Waals surface area contributed by atoms with Crippen LogP contribution in [-0.2, 0) is 16.6 Å². The fourth-order valence-corrected chi connectivity index (χ4v) is 4.83. The van der Waals surface area contributed by atoms with E-state index >= 15 is 0 Å². The van der Waals surface area contributed by atoms with E-state index in [1.54, 1.807) is 25.6 Å². The third-order valence-corrected chi connectivity index (χ3v) is 6.94. The summed E-state index contributed by atoms with van der Waals surface area (Å²) in [5.41, 5.74) is 3.70. The van der Waals surface area contributed by atoms with E-state index in [9.17, 15) is 8.42 Å². The molecule has 4 rings (SSSR count). The lowest BCUT2D eigenvalue weighted by Gasteiger charge is -2.16. The maximum atomic E-state index is 13.2. The van der Waals surface area contributed by atoms with E-state index < -0.39 is 10.0 Å². The molecule has 0 bridgehead atoms. The molecule has 0 amide bonds. The number of benzene rings is 2. The number of rotatable bonds is 6. The van der Waals surface area contributed by atoms with Gasteiger partial charge >= 0.3 is 0 Å². The summed E-state index contributed by atoms with van der Waals surface area (Å²) in [5.74, 6) is 0.280. The van der Waals surface area contributed by atoms with Crippen LogP contribution in [0, 0.1) is 13.8 Å². The van der Waals surface area contributed by atoms with Crippen molar-refractivity contribution < 1.29 is 12.9 Å². The average molecular weight is 423 g/mol. The zero-order chi connectivity index (χ0) is 21.3. The average Bonchev–Trinajstić information content (AvgIpc) is 3.32. The van der Waals surface area contributed by atoms with Crippen LogP contribution in [0.3, 0.4) is 0 Å². The van der Waals surface area contributed by atoms with Crippen molar-refractivity contribution in [3.05, 3.63) is 83.9 Å². The number of aryl methyl sites for hydroxylation is 2. The summed E-state index contributed by atoms with van der Waals surface area (Å²) in [7, 11) is -2.22. The number of aromatic nitrogens is 3. The lowest BCUT2D eigenvalue weighted by molar-refractivity contribution is 0.389. The van der Waals surface area contributed by atoms with Gasteiger partial charge in [-0.3, -0.25) is 0 Å². The summed E-state index contributed by atoms with van der Waals surface area (Å²) < 4.78 is 34.5. The Kier molecular flexibility index (Phi) is 5.27. The van der Waals surface area contributed by atoms with Gasteiger partial charge in [-0.15, -0.1) is 0 Å². The van der Waals surface area contributed by atoms with Crippen molar-refractivity contribution in [2.45, 2.75) is 25.3 Å². The Hall–Kier alpha value is -3.23. The molecule has 0 N–H and O–H groups in total. The zero-order valence-corrected chi connectivity index (χ0v) is 17.8. The summed E-state index contributed by atoms with van der Waals surface area (Å²) in [6.45, 7) is 3.38. The Morgan fingerprint density at radius 1 is 1.00 bits per heavy atom. The molecule has 0 aliphatic carbocycles. The standard InChI is InChI=1S/C22H22N4O3S/c1-16-22(17(2)29-24-16)30(27,28)25(3)14-19-15-26(20-12-8-5-9-13-20)23-21(19)18-10-6-4-7-11-18/h4-13,15H,14H2,1-3H3. The topological polar surface area (TPSA) is 81.2 Å². The highest BCUT2D eigenvalue weighted by Crippen LogP contribution is 2.28. The van der Waals surface area contributed by atoms with E-state index in [0.29, 0.717) is 5.69 Å². The molecular formula is C22H22N4O3S. The van der Waals surface area contributed by atoms with Gasteiger partial charge in [0, 0.05) is 30.9 Å². The van der Waals surface area contributed by atoms with E-state index in [-0.39, 0.29) is 17.2 Å². The molecule has 2 heterocycles. The molecule has 0 fully saturated rings. The van der Waals surface area contributed by atoms with Crippen LogP contribution >= 0.6 is 0 Å². The fraction of sp³-hybridized carbons (Fsp3) is 0.182. The molecule has 8 heteroatoms. The minimum atomic E-state index is -3.77. The van der Waals surface area contributed by atoms with Crippen molar-refractivity contribution in [2.24, 2.45) is 0 Å². The minimum absolute atomic E-state index is 0.113. The van der Waals surface area contributed by atoms with Gasteiger partial charge in [-0.1, -0.05) is 53.7 Å². The van der Waals surface area contributed by atoms with Crippen LogP contribution in [0.15, 0.2) is 76.3 Å². The molecule has 0 saturated heterocycles. The molecule has 0 unspecified atom stereocenters. The molecule has 154 valence electrons. The van der Waals surface area contributed by atoms with E-state index in [0.717, 1.165) is 22.5 Å². The number of para-hydroxylation sites is 1. The van der Waals surface area contributed by atoms with Crippen molar-refractivity contribution in [1.29, 1.82) is 0 Å². The summed E-state index contributed by atoms with van der Waals surface area (Å²) in [4.78, 5) is 0.113. The second kappa shape index (κ2) is 7.89. The molecule has 30 heavy (non-hydrogen) atoms. The molecule has 0 saturated carbocycles. The van der Waals surface area contributed by atoms with Crippen molar-refractivity contribution >= 4 is 10.0 Å². The van der Waals surface area contributed by atoms with E-state index in [1.165, 1.54) is 4.31 Å². The first kappa shape index (κ1) is 20.1. The number of nitrogens with zero attached hydrogens (tertiary/aromatic N) is 4. The molecule has 0 atom stereocenters. The molecular weight excluding hydrogens is 400 g/mol. The molecule has 2 aromatic heterocycles. The van der Waals surface area contributed by atoms with Crippen LogP contribution in [0.1, 0.15) is 17.0 Å². The van der Waals surface area contributed by atoms with Crippen LogP contribution in [0.2, 0.25) is 0 Å². The third-order valence-electron chi connectivity index (χ3n) is 4.89. The van der Waals surface area contributed by atoms with Gasteiger partial charge in [0.15, 0.2) is 5.76 Å². The van der Waals surface area contributed by atoms with Gasteiger partial charge in [-0.2, -0.15) is 9.40 Å². The van der Waals surface area contributed by atoms with E-state index in [2.05, 4.69) is 5.16 Å². The predicted molar refractivity (Wildman–Crippen MR) is 114 cm³/mol. The maximum Gasteiger partial charge on any atom is 0.248 e. The Morgan fingerprint density at radius 3 is 2.23 bits per heavy atom. The monoisotopic (exact) mass is 422 g/mol. The van der Waals surface area contributed by atoms with Crippen molar-refractivity contribution in [3.63, 3.8) is 0 Å². The van der Waals surface area contributed by atoms with Crippen LogP contribution in [0.5, 0.6) is 0 Å². The van der Waals surface area contributed by atoms with E-state index in [4.69, 9.17) is 9.62 Å². The lowest BCUT2D eigenvalue weighted by atomic mass is 10.1. The predicted octanol–water partition coefficient (Wildman–Crippen LogP) is 3.96.